The van der Waals surface area contributed by atoms with Gasteiger partial charge in [-0.05, 0) is 41.4 Å². The number of nitrogens with zero attached hydrogens (tertiary/aromatic N) is 2. The van der Waals surface area contributed by atoms with Crippen molar-refractivity contribution in [1.82, 2.24) is 9.55 Å². The molecule has 22 heavy (non-hydrogen) atoms. The average molecular weight is 367 g/mol. The molecule has 2 rings (SSSR count). The molecule has 0 N–H and O–H groups in total. The molecule has 0 radical (unpaired) electrons. The summed E-state index contributed by atoms with van der Waals surface area (Å²) in [5.74, 6) is -0.347. The molecule has 0 saturated heterocycles. The van der Waals surface area contributed by atoms with Gasteiger partial charge in [0.15, 0.2) is 0 Å². The summed E-state index contributed by atoms with van der Waals surface area (Å²) in [5.41, 5.74) is 3.31. The second kappa shape index (κ2) is 7.56. The van der Waals surface area contributed by atoms with Crippen molar-refractivity contribution in [3.8, 4) is 11.3 Å². The quantitative estimate of drug-likeness (QED) is 0.580. The lowest BCUT2D eigenvalue weighted by Crippen LogP contribution is -2.07. The van der Waals surface area contributed by atoms with Gasteiger partial charge in [0.1, 0.15) is 0 Å². The number of rotatable bonds is 6. The molecular formula is C16H19BrN2O3. The van der Waals surface area contributed by atoms with E-state index in [0.29, 0.717) is 12.2 Å². The molecule has 0 bridgehead atoms. The van der Waals surface area contributed by atoms with Gasteiger partial charge in [0.2, 0.25) is 0 Å². The van der Waals surface area contributed by atoms with E-state index in [2.05, 4.69) is 25.5 Å². The number of aromatic nitrogens is 2. The number of methoxy groups -OCH3 is 2. The molecular weight excluding hydrogens is 348 g/mol. The number of carbonyl (C=O) groups is 1. The summed E-state index contributed by atoms with van der Waals surface area (Å²) >= 11 is 3.56. The zero-order chi connectivity index (χ0) is 16.1. The molecule has 118 valence electrons. The van der Waals surface area contributed by atoms with E-state index in [-0.39, 0.29) is 5.97 Å². The molecule has 0 aliphatic carbocycles. The molecule has 0 spiro atoms. The van der Waals surface area contributed by atoms with Crippen LogP contribution in [-0.2, 0) is 16.0 Å². The standard InChI is InChI=1S/C16H19BrN2O3/c1-11-13(16(20)22-3)14(17)15(12-6-4-7-18-10-12)19(11)8-5-9-21-2/h4,6-7,10H,5,8-9H2,1-3H3. The van der Waals surface area contributed by atoms with Crippen molar-refractivity contribution in [2.24, 2.45) is 0 Å². The van der Waals surface area contributed by atoms with Gasteiger partial charge in [-0.15, -0.1) is 0 Å². The van der Waals surface area contributed by atoms with Gasteiger partial charge in [-0.3, -0.25) is 4.98 Å². The molecule has 2 heterocycles. The Labute approximate surface area is 138 Å². The number of hydrogen-bond acceptors (Lipinski definition) is 4. The Kier molecular flexibility index (Phi) is 5.74. The molecule has 0 amide bonds. The van der Waals surface area contributed by atoms with Crippen molar-refractivity contribution in [3.05, 3.63) is 40.3 Å². The molecule has 0 aliphatic heterocycles. The first-order valence-corrected chi connectivity index (χ1v) is 7.77. The largest absolute Gasteiger partial charge is 0.465 e. The summed E-state index contributed by atoms with van der Waals surface area (Å²) in [6.07, 6.45) is 4.36. The second-order valence-corrected chi connectivity index (χ2v) is 5.65. The van der Waals surface area contributed by atoms with Crippen LogP contribution in [0.1, 0.15) is 22.5 Å². The molecule has 0 unspecified atom stereocenters. The van der Waals surface area contributed by atoms with E-state index >= 15 is 0 Å². The average Bonchev–Trinajstić information content (AvgIpc) is 2.78. The fourth-order valence-corrected chi connectivity index (χ4v) is 3.36. The summed E-state index contributed by atoms with van der Waals surface area (Å²) in [5, 5.41) is 0. The molecule has 0 aliphatic rings. The van der Waals surface area contributed by atoms with Crippen LogP contribution < -0.4 is 0 Å². The summed E-state index contributed by atoms with van der Waals surface area (Å²) in [7, 11) is 3.07. The highest BCUT2D eigenvalue weighted by Crippen LogP contribution is 2.36. The van der Waals surface area contributed by atoms with Crippen LogP contribution in [0.4, 0.5) is 0 Å². The molecule has 2 aromatic heterocycles. The topological polar surface area (TPSA) is 53.4 Å². The lowest BCUT2D eigenvalue weighted by Gasteiger charge is -2.11. The molecule has 0 atom stereocenters. The van der Waals surface area contributed by atoms with E-state index in [1.165, 1.54) is 7.11 Å². The van der Waals surface area contributed by atoms with Crippen molar-refractivity contribution in [3.63, 3.8) is 0 Å². The number of esters is 1. The monoisotopic (exact) mass is 366 g/mol. The van der Waals surface area contributed by atoms with Crippen LogP contribution in [0.3, 0.4) is 0 Å². The molecule has 0 fully saturated rings. The fourth-order valence-electron chi connectivity index (χ4n) is 2.47. The fraction of sp³-hybridized carbons (Fsp3) is 0.375. The minimum atomic E-state index is -0.347. The van der Waals surface area contributed by atoms with Gasteiger partial charge in [-0.25, -0.2) is 4.79 Å². The first-order chi connectivity index (χ1) is 10.6. The number of pyridine rings is 1. The smallest absolute Gasteiger partial charge is 0.340 e. The number of halogens is 1. The van der Waals surface area contributed by atoms with Crippen LogP contribution in [0.2, 0.25) is 0 Å². The molecule has 5 nitrogen and oxygen atoms in total. The predicted molar refractivity (Wildman–Crippen MR) is 87.9 cm³/mol. The summed E-state index contributed by atoms with van der Waals surface area (Å²) < 4.78 is 12.9. The van der Waals surface area contributed by atoms with E-state index in [0.717, 1.165) is 34.4 Å². The van der Waals surface area contributed by atoms with Crippen LogP contribution in [0.15, 0.2) is 29.0 Å². The Morgan fingerprint density at radius 1 is 1.41 bits per heavy atom. The highest BCUT2D eigenvalue weighted by atomic mass is 79.9. The van der Waals surface area contributed by atoms with Crippen molar-refractivity contribution in [1.29, 1.82) is 0 Å². The summed E-state index contributed by atoms with van der Waals surface area (Å²) in [6.45, 7) is 3.33. The van der Waals surface area contributed by atoms with Gasteiger partial charge in [0, 0.05) is 43.9 Å². The Hall–Kier alpha value is -1.66. The van der Waals surface area contributed by atoms with Gasteiger partial charge in [0.25, 0.3) is 0 Å². The minimum Gasteiger partial charge on any atom is -0.465 e. The zero-order valence-corrected chi connectivity index (χ0v) is 14.5. The van der Waals surface area contributed by atoms with Crippen molar-refractivity contribution in [2.45, 2.75) is 19.9 Å². The van der Waals surface area contributed by atoms with Crippen LogP contribution in [0.25, 0.3) is 11.3 Å². The minimum absolute atomic E-state index is 0.347. The van der Waals surface area contributed by atoms with E-state index in [4.69, 9.17) is 9.47 Å². The van der Waals surface area contributed by atoms with Gasteiger partial charge < -0.3 is 14.0 Å². The highest BCUT2D eigenvalue weighted by molar-refractivity contribution is 9.10. The molecule has 0 saturated carbocycles. The van der Waals surface area contributed by atoms with Crippen LogP contribution in [0.5, 0.6) is 0 Å². The lowest BCUT2D eigenvalue weighted by atomic mass is 10.2. The van der Waals surface area contributed by atoms with Gasteiger partial charge >= 0.3 is 5.97 Å². The number of ether oxygens (including phenoxy) is 2. The van der Waals surface area contributed by atoms with E-state index < -0.39 is 0 Å². The third-order valence-corrected chi connectivity index (χ3v) is 4.29. The third-order valence-electron chi connectivity index (χ3n) is 3.52. The van der Waals surface area contributed by atoms with Gasteiger partial charge in [-0.1, -0.05) is 0 Å². The molecule has 6 heteroatoms. The molecule has 2 aromatic rings. The van der Waals surface area contributed by atoms with Gasteiger partial charge in [0.05, 0.1) is 22.8 Å². The normalized spacial score (nSPS) is 10.7. The van der Waals surface area contributed by atoms with Crippen LogP contribution in [0, 0.1) is 6.92 Å². The van der Waals surface area contributed by atoms with E-state index in [9.17, 15) is 4.79 Å². The Bertz CT molecular complexity index is 653. The number of carbonyl (C=O) groups excluding carboxylic acids is 1. The first-order valence-electron chi connectivity index (χ1n) is 6.98. The maximum absolute atomic E-state index is 12.1. The van der Waals surface area contributed by atoms with Crippen LogP contribution in [-0.4, -0.2) is 36.3 Å². The van der Waals surface area contributed by atoms with Crippen molar-refractivity contribution < 1.29 is 14.3 Å². The van der Waals surface area contributed by atoms with E-state index in [1.807, 2.05) is 19.1 Å². The Balaban J connectivity index is 2.56. The maximum Gasteiger partial charge on any atom is 0.340 e. The number of hydrogen-bond donors (Lipinski definition) is 0. The van der Waals surface area contributed by atoms with E-state index in [1.54, 1.807) is 19.5 Å². The van der Waals surface area contributed by atoms with Crippen molar-refractivity contribution in [2.75, 3.05) is 20.8 Å². The SMILES string of the molecule is COCCCn1c(C)c(C(=O)OC)c(Br)c1-c1cccnc1. The summed E-state index contributed by atoms with van der Waals surface area (Å²) in [6, 6.07) is 3.85. The Morgan fingerprint density at radius 3 is 2.77 bits per heavy atom. The predicted octanol–water partition coefficient (Wildman–Crippen LogP) is 3.44. The molecule has 0 aromatic carbocycles. The highest BCUT2D eigenvalue weighted by Gasteiger charge is 2.24. The first kappa shape index (κ1) is 16.7. The summed E-state index contributed by atoms with van der Waals surface area (Å²) in [4.78, 5) is 16.2. The maximum atomic E-state index is 12.1. The second-order valence-electron chi connectivity index (χ2n) is 4.85. The van der Waals surface area contributed by atoms with Crippen LogP contribution >= 0.6 is 15.9 Å². The zero-order valence-electron chi connectivity index (χ0n) is 12.9. The lowest BCUT2D eigenvalue weighted by molar-refractivity contribution is 0.0599. The Morgan fingerprint density at radius 2 is 2.18 bits per heavy atom. The van der Waals surface area contributed by atoms with Gasteiger partial charge in [-0.2, -0.15) is 0 Å². The third kappa shape index (κ3) is 3.23. The van der Waals surface area contributed by atoms with Crippen molar-refractivity contribution >= 4 is 21.9 Å².